The largest absolute Gasteiger partial charge is 0.371 e. The van der Waals surface area contributed by atoms with E-state index in [0.29, 0.717) is 5.75 Å². The van der Waals surface area contributed by atoms with Crippen LogP contribution in [0.4, 0.5) is 8.78 Å². The van der Waals surface area contributed by atoms with E-state index in [0.717, 1.165) is 0 Å². The van der Waals surface area contributed by atoms with Crippen molar-refractivity contribution in [1.29, 1.82) is 0 Å². The third-order valence-corrected chi connectivity index (χ3v) is 1.67. The molecule has 1 atom stereocenters. The highest BCUT2D eigenvalue weighted by molar-refractivity contribution is 7.80. The van der Waals surface area contributed by atoms with E-state index in [1.165, 1.54) is 0 Å². The molecular formula is C5H8F2OS. The van der Waals surface area contributed by atoms with E-state index in [1.54, 1.807) is 0 Å². The normalized spacial score (nSPS) is 33.0. The van der Waals surface area contributed by atoms with Gasteiger partial charge >= 0.3 is 0 Å². The van der Waals surface area contributed by atoms with Gasteiger partial charge in [-0.3, -0.25) is 0 Å². The maximum absolute atomic E-state index is 12.2. The van der Waals surface area contributed by atoms with Gasteiger partial charge in [-0.2, -0.15) is 12.6 Å². The van der Waals surface area contributed by atoms with Crippen LogP contribution >= 0.6 is 12.6 Å². The number of hydrogen-bond acceptors (Lipinski definition) is 2. The van der Waals surface area contributed by atoms with Crippen LogP contribution in [0.5, 0.6) is 0 Å². The summed E-state index contributed by atoms with van der Waals surface area (Å²) in [7, 11) is 0. The Morgan fingerprint density at radius 1 is 1.67 bits per heavy atom. The molecule has 4 heteroatoms. The SMILES string of the molecule is FC1(F)COC(CS)C1. The third kappa shape index (κ3) is 1.79. The van der Waals surface area contributed by atoms with Crippen LogP contribution in [-0.4, -0.2) is 24.4 Å². The minimum absolute atomic E-state index is 0.170. The lowest BCUT2D eigenvalue weighted by molar-refractivity contribution is -0.00934. The number of rotatable bonds is 1. The fourth-order valence-electron chi connectivity index (χ4n) is 0.808. The van der Waals surface area contributed by atoms with Crippen molar-refractivity contribution in [3.05, 3.63) is 0 Å². The van der Waals surface area contributed by atoms with Crippen LogP contribution in [0.25, 0.3) is 0 Å². The van der Waals surface area contributed by atoms with Gasteiger partial charge in [-0.05, 0) is 0 Å². The lowest BCUT2D eigenvalue weighted by Crippen LogP contribution is -2.15. The minimum atomic E-state index is -2.60. The molecule has 0 aromatic carbocycles. The average Bonchev–Trinajstić information content (AvgIpc) is 2.10. The Labute approximate surface area is 57.8 Å². The number of thiol groups is 1. The van der Waals surface area contributed by atoms with Crippen molar-refractivity contribution >= 4 is 12.6 Å². The summed E-state index contributed by atoms with van der Waals surface area (Å²) in [5.74, 6) is -2.22. The highest BCUT2D eigenvalue weighted by Crippen LogP contribution is 2.29. The van der Waals surface area contributed by atoms with Gasteiger partial charge in [-0.1, -0.05) is 0 Å². The van der Waals surface area contributed by atoms with E-state index in [1.807, 2.05) is 0 Å². The molecule has 1 rings (SSSR count). The molecular weight excluding hydrogens is 146 g/mol. The van der Waals surface area contributed by atoms with E-state index in [4.69, 9.17) is 4.74 Å². The first kappa shape index (κ1) is 7.28. The molecule has 0 saturated carbocycles. The van der Waals surface area contributed by atoms with Crippen LogP contribution in [0, 0.1) is 0 Å². The van der Waals surface area contributed by atoms with E-state index >= 15 is 0 Å². The van der Waals surface area contributed by atoms with Gasteiger partial charge < -0.3 is 4.74 Å². The van der Waals surface area contributed by atoms with Gasteiger partial charge in [-0.25, -0.2) is 8.78 Å². The zero-order valence-corrected chi connectivity index (χ0v) is 5.70. The summed E-state index contributed by atoms with van der Waals surface area (Å²) in [5, 5.41) is 0. The second-order valence-electron chi connectivity index (χ2n) is 2.18. The van der Waals surface area contributed by atoms with Crippen LogP contribution in [0.15, 0.2) is 0 Å². The Hall–Kier alpha value is 0.170. The molecule has 54 valence electrons. The average molecular weight is 154 g/mol. The van der Waals surface area contributed by atoms with Crippen molar-refractivity contribution in [3.8, 4) is 0 Å². The first-order chi connectivity index (χ1) is 4.14. The van der Waals surface area contributed by atoms with E-state index < -0.39 is 12.5 Å². The second kappa shape index (κ2) is 2.42. The van der Waals surface area contributed by atoms with Gasteiger partial charge in [0.15, 0.2) is 0 Å². The van der Waals surface area contributed by atoms with Gasteiger partial charge in [0.1, 0.15) is 6.61 Å². The quantitative estimate of drug-likeness (QED) is 0.561. The Kier molecular flexibility index (Phi) is 1.96. The van der Waals surface area contributed by atoms with Crippen molar-refractivity contribution in [2.24, 2.45) is 0 Å². The summed E-state index contributed by atoms with van der Waals surface area (Å²) < 4.78 is 29.1. The first-order valence-corrected chi connectivity index (χ1v) is 3.37. The predicted molar refractivity (Wildman–Crippen MR) is 33.2 cm³/mol. The first-order valence-electron chi connectivity index (χ1n) is 2.74. The lowest BCUT2D eigenvalue weighted by Gasteiger charge is -2.03. The van der Waals surface area contributed by atoms with Crippen molar-refractivity contribution in [2.45, 2.75) is 18.4 Å². The van der Waals surface area contributed by atoms with Gasteiger partial charge in [0, 0.05) is 12.2 Å². The maximum atomic E-state index is 12.2. The van der Waals surface area contributed by atoms with Crippen molar-refractivity contribution < 1.29 is 13.5 Å². The smallest absolute Gasteiger partial charge is 0.273 e. The Balaban J connectivity index is 2.38. The molecule has 0 amide bonds. The van der Waals surface area contributed by atoms with Crippen molar-refractivity contribution in [1.82, 2.24) is 0 Å². The summed E-state index contributed by atoms with van der Waals surface area (Å²) in [4.78, 5) is 0. The molecule has 1 unspecified atom stereocenters. The molecule has 1 aliphatic rings. The molecule has 9 heavy (non-hydrogen) atoms. The number of halogens is 2. The summed E-state index contributed by atoms with van der Waals surface area (Å²) >= 11 is 3.84. The fourth-order valence-corrected chi connectivity index (χ4v) is 1.04. The molecule has 0 aromatic rings. The zero-order chi connectivity index (χ0) is 6.91. The molecule has 0 spiro atoms. The maximum Gasteiger partial charge on any atom is 0.273 e. The molecule has 1 aliphatic heterocycles. The highest BCUT2D eigenvalue weighted by Gasteiger charge is 2.39. The predicted octanol–water partition coefficient (Wildman–Crippen LogP) is 1.34. The zero-order valence-electron chi connectivity index (χ0n) is 4.81. The summed E-state index contributed by atoms with van der Waals surface area (Å²) in [6, 6.07) is 0. The highest BCUT2D eigenvalue weighted by atomic mass is 32.1. The van der Waals surface area contributed by atoms with Crippen molar-refractivity contribution in [3.63, 3.8) is 0 Å². The number of alkyl halides is 2. The second-order valence-corrected chi connectivity index (χ2v) is 2.54. The monoisotopic (exact) mass is 154 g/mol. The van der Waals surface area contributed by atoms with Crippen LogP contribution in [-0.2, 0) is 4.74 Å². The Morgan fingerprint density at radius 2 is 2.33 bits per heavy atom. The molecule has 0 aromatic heterocycles. The Bertz CT molecular complexity index is 107. The van der Waals surface area contributed by atoms with E-state index in [9.17, 15) is 8.78 Å². The summed E-state index contributed by atoms with van der Waals surface area (Å²) in [5.41, 5.74) is 0. The van der Waals surface area contributed by atoms with Crippen LogP contribution < -0.4 is 0 Å². The third-order valence-electron chi connectivity index (χ3n) is 1.26. The summed E-state index contributed by atoms with van der Waals surface area (Å²) in [6.45, 7) is -0.432. The fraction of sp³-hybridized carbons (Fsp3) is 1.00. The van der Waals surface area contributed by atoms with Crippen LogP contribution in [0.3, 0.4) is 0 Å². The lowest BCUT2D eigenvalue weighted by atomic mass is 10.2. The molecule has 1 heterocycles. The van der Waals surface area contributed by atoms with Gasteiger partial charge in [0.25, 0.3) is 5.92 Å². The van der Waals surface area contributed by atoms with Crippen LogP contribution in [0.1, 0.15) is 6.42 Å². The number of ether oxygens (including phenoxy) is 1. The van der Waals surface area contributed by atoms with Crippen LogP contribution in [0.2, 0.25) is 0 Å². The molecule has 1 fully saturated rings. The molecule has 1 saturated heterocycles. The minimum Gasteiger partial charge on any atom is -0.371 e. The van der Waals surface area contributed by atoms with Gasteiger partial charge in [0.05, 0.1) is 6.10 Å². The topological polar surface area (TPSA) is 9.23 Å². The molecule has 0 radical (unpaired) electrons. The molecule has 0 aliphatic carbocycles. The Morgan fingerprint density at radius 3 is 2.56 bits per heavy atom. The molecule has 0 bridgehead atoms. The van der Waals surface area contributed by atoms with Gasteiger partial charge in [-0.15, -0.1) is 0 Å². The molecule has 1 nitrogen and oxygen atoms in total. The van der Waals surface area contributed by atoms with E-state index in [-0.39, 0.29) is 12.5 Å². The van der Waals surface area contributed by atoms with Gasteiger partial charge in [0.2, 0.25) is 0 Å². The van der Waals surface area contributed by atoms with E-state index in [2.05, 4.69) is 12.6 Å². The standard InChI is InChI=1S/C5H8F2OS/c6-5(7)1-4(2-9)8-3-5/h4,9H,1-3H2. The number of hydrogen-bond donors (Lipinski definition) is 1. The van der Waals surface area contributed by atoms with Crippen molar-refractivity contribution in [2.75, 3.05) is 12.4 Å². The molecule has 0 N–H and O–H groups in total. The summed E-state index contributed by atoms with van der Waals surface area (Å²) in [6.07, 6.45) is -0.514.